The topological polar surface area (TPSA) is 51.8 Å². The van der Waals surface area contributed by atoms with Crippen LogP contribution < -0.4 is 5.73 Å². The molecule has 96 valence electrons. The largest absolute Gasteiger partial charge is 0.368 e. The molecule has 0 aliphatic heterocycles. The number of hydrogen-bond acceptors (Lipinski definition) is 3. The molecule has 2 N–H and O–H groups in total. The van der Waals surface area contributed by atoms with Crippen LogP contribution in [0, 0.1) is 24.7 Å². The van der Waals surface area contributed by atoms with Crippen molar-refractivity contribution >= 4 is 5.95 Å². The zero-order valence-electron chi connectivity index (χ0n) is 11.0. The molecule has 4 aliphatic carbocycles. The van der Waals surface area contributed by atoms with Crippen molar-refractivity contribution in [1.82, 2.24) is 9.97 Å². The van der Waals surface area contributed by atoms with Crippen molar-refractivity contribution < 1.29 is 0 Å². The Morgan fingerprint density at radius 2 is 1.67 bits per heavy atom. The van der Waals surface area contributed by atoms with Crippen molar-refractivity contribution in [2.75, 3.05) is 5.73 Å². The van der Waals surface area contributed by atoms with Crippen LogP contribution in [0.1, 0.15) is 49.8 Å². The maximum Gasteiger partial charge on any atom is 0.220 e. The van der Waals surface area contributed by atoms with E-state index in [0.717, 1.165) is 17.8 Å². The number of aryl methyl sites for hydroxylation is 1. The molecule has 0 spiro atoms. The molecule has 1 heterocycles. The van der Waals surface area contributed by atoms with E-state index >= 15 is 0 Å². The van der Waals surface area contributed by atoms with Crippen molar-refractivity contribution in [2.24, 2.45) is 17.8 Å². The first kappa shape index (κ1) is 10.8. The second-order valence-corrected chi connectivity index (χ2v) is 6.96. The Kier molecular flexibility index (Phi) is 2.07. The molecule has 0 aromatic carbocycles. The third-order valence-electron chi connectivity index (χ3n) is 5.53. The lowest BCUT2D eigenvalue weighted by molar-refractivity contribution is -0.00749. The fourth-order valence-corrected chi connectivity index (χ4v) is 5.39. The lowest BCUT2D eigenvalue weighted by atomic mass is 9.48. The monoisotopic (exact) mass is 243 g/mol. The minimum Gasteiger partial charge on any atom is -0.368 e. The summed E-state index contributed by atoms with van der Waals surface area (Å²) in [7, 11) is 0. The van der Waals surface area contributed by atoms with Gasteiger partial charge in [-0.2, -0.15) is 0 Å². The highest BCUT2D eigenvalue weighted by molar-refractivity contribution is 5.33. The van der Waals surface area contributed by atoms with E-state index < -0.39 is 0 Å². The lowest BCUT2D eigenvalue weighted by Crippen LogP contribution is -2.49. The van der Waals surface area contributed by atoms with Gasteiger partial charge in [-0.15, -0.1) is 0 Å². The van der Waals surface area contributed by atoms with Gasteiger partial charge in [0, 0.05) is 11.6 Å². The van der Waals surface area contributed by atoms with Crippen molar-refractivity contribution in [2.45, 2.75) is 50.9 Å². The molecular weight excluding hydrogens is 222 g/mol. The average Bonchev–Trinajstić information content (AvgIpc) is 2.30. The van der Waals surface area contributed by atoms with Gasteiger partial charge in [-0.1, -0.05) is 0 Å². The SMILES string of the molecule is Cc1cnc(N)nc1C12CC3CC(CC(C3)C1)C2. The Labute approximate surface area is 108 Å². The van der Waals surface area contributed by atoms with Crippen LogP contribution in [0.3, 0.4) is 0 Å². The highest BCUT2D eigenvalue weighted by Gasteiger charge is 2.52. The molecule has 0 amide bonds. The van der Waals surface area contributed by atoms with Gasteiger partial charge in [0.05, 0.1) is 5.69 Å². The van der Waals surface area contributed by atoms with Crippen LogP contribution in [-0.4, -0.2) is 9.97 Å². The molecule has 5 rings (SSSR count). The van der Waals surface area contributed by atoms with Crippen LogP contribution in [0.5, 0.6) is 0 Å². The summed E-state index contributed by atoms with van der Waals surface area (Å²) in [6.07, 6.45) is 10.4. The standard InChI is InChI=1S/C15H21N3/c1-9-8-17-14(16)18-13(9)15-5-10-2-11(6-15)4-12(3-10)7-15/h8,10-12H,2-7H2,1H3,(H2,16,17,18). The Hall–Kier alpha value is -1.12. The van der Waals surface area contributed by atoms with Gasteiger partial charge in [0.2, 0.25) is 5.95 Å². The second kappa shape index (κ2) is 3.46. The van der Waals surface area contributed by atoms with Gasteiger partial charge < -0.3 is 5.73 Å². The molecule has 0 unspecified atom stereocenters. The zero-order valence-corrected chi connectivity index (χ0v) is 11.0. The summed E-state index contributed by atoms with van der Waals surface area (Å²) >= 11 is 0. The molecule has 18 heavy (non-hydrogen) atoms. The summed E-state index contributed by atoms with van der Waals surface area (Å²) in [6.45, 7) is 2.15. The molecule has 4 fully saturated rings. The Bertz CT molecular complexity index is 459. The fraction of sp³-hybridized carbons (Fsp3) is 0.733. The normalized spacial score (nSPS) is 41.3. The van der Waals surface area contributed by atoms with Gasteiger partial charge in [0.1, 0.15) is 0 Å². The van der Waals surface area contributed by atoms with Gasteiger partial charge in [-0.05, 0) is 68.8 Å². The van der Waals surface area contributed by atoms with E-state index in [1.54, 1.807) is 0 Å². The summed E-state index contributed by atoms with van der Waals surface area (Å²) < 4.78 is 0. The number of rotatable bonds is 1. The molecular formula is C15H21N3. The molecule has 0 saturated heterocycles. The molecule has 3 heteroatoms. The predicted molar refractivity (Wildman–Crippen MR) is 71.0 cm³/mol. The number of nitrogen functional groups attached to an aromatic ring is 1. The van der Waals surface area contributed by atoms with Crippen LogP contribution in [0.2, 0.25) is 0 Å². The first-order chi connectivity index (χ1) is 8.64. The van der Waals surface area contributed by atoms with E-state index in [1.807, 2.05) is 6.20 Å². The third-order valence-corrected chi connectivity index (χ3v) is 5.53. The summed E-state index contributed by atoms with van der Waals surface area (Å²) in [5.74, 6) is 3.30. The quantitative estimate of drug-likeness (QED) is 0.825. The minimum atomic E-state index is 0.343. The fourth-order valence-electron chi connectivity index (χ4n) is 5.39. The summed E-state index contributed by atoms with van der Waals surface area (Å²) in [4.78, 5) is 8.76. The Morgan fingerprint density at radius 1 is 1.11 bits per heavy atom. The van der Waals surface area contributed by atoms with Gasteiger partial charge in [-0.25, -0.2) is 9.97 Å². The summed E-state index contributed by atoms with van der Waals surface area (Å²) in [6, 6.07) is 0. The first-order valence-electron chi connectivity index (χ1n) is 7.24. The van der Waals surface area contributed by atoms with E-state index in [-0.39, 0.29) is 0 Å². The Morgan fingerprint density at radius 3 is 2.22 bits per heavy atom. The number of aromatic nitrogens is 2. The molecule has 0 atom stereocenters. The number of nitrogens with zero attached hydrogens (tertiary/aromatic N) is 2. The van der Waals surface area contributed by atoms with Crippen molar-refractivity contribution in [3.05, 3.63) is 17.5 Å². The molecule has 4 saturated carbocycles. The van der Waals surface area contributed by atoms with Crippen LogP contribution >= 0.6 is 0 Å². The van der Waals surface area contributed by atoms with Gasteiger partial charge in [0.25, 0.3) is 0 Å². The van der Waals surface area contributed by atoms with E-state index in [1.165, 1.54) is 49.8 Å². The second-order valence-electron chi connectivity index (χ2n) is 6.96. The van der Waals surface area contributed by atoms with Crippen LogP contribution in [0.25, 0.3) is 0 Å². The van der Waals surface area contributed by atoms with Crippen LogP contribution in [-0.2, 0) is 5.41 Å². The molecule has 0 radical (unpaired) electrons. The third kappa shape index (κ3) is 1.42. The van der Waals surface area contributed by atoms with E-state index in [4.69, 9.17) is 5.73 Å². The van der Waals surface area contributed by atoms with Gasteiger partial charge in [0.15, 0.2) is 0 Å². The maximum atomic E-state index is 5.82. The number of hydrogen-bond donors (Lipinski definition) is 1. The van der Waals surface area contributed by atoms with Crippen LogP contribution in [0.15, 0.2) is 6.20 Å². The average molecular weight is 243 g/mol. The molecule has 3 nitrogen and oxygen atoms in total. The highest BCUT2D eigenvalue weighted by Crippen LogP contribution is 2.60. The van der Waals surface area contributed by atoms with Crippen molar-refractivity contribution in [3.8, 4) is 0 Å². The van der Waals surface area contributed by atoms with Crippen molar-refractivity contribution in [1.29, 1.82) is 0 Å². The molecule has 1 aromatic heterocycles. The number of anilines is 1. The molecule has 1 aromatic rings. The summed E-state index contributed by atoms with van der Waals surface area (Å²) in [5, 5.41) is 0. The highest BCUT2D eigenvalue weighted by atomic mass is 15.0. The van der Waals surface area contributed by atoms with E-state index in [0.29, 0.717) is 11.4 Å². The van der Waals surface area contributed by atoms with Crippen molar-refractivity contribution in [3.63, 3.8) is 0 Å². The molecule has 4 aliphatic rings. The predicted octanol–water partition coefficient (Wildman–Crippen LogP) is 2.84. The minimum absolute atomic E-state index is 0.343. The maximum absolute atomic E-state index is 5.82. The smallest absolute Gasteiger partial charge is 0.220 e. The van der Waals surface area contributed by atoms with Gasteiger partial charge >= 0.3 is 0 Å². The van der Waals surface area contributed by atoms with Crippen LogP contribution in [0.4, 0.5) is 5.95 Å². The first-order valence-corrected chi connectivity index (χ1v) is 7.24. The number of nitrogens with two attached hydrogens (primary N) is 1. The van der Waals surface area contributed by atoms with E-state index in [2.05, 4.69) is 16.9 Å². The lowest BCUT2D eigenvalue weighted by Gasteiger charge is -2.56. The molecule has 4 bridgehead atoms. The Balaban J connectivity index is 1.81. The summed E-state index contributed by atoms with van der Waals surface area (Å²) in [5.41, 5.74) is 8.68. The van der Waals surface area contributed by atoms with Gasteiger partial charge in [-0.3, -0.25) is 0 Å². The zero-order chi connectivity index (χ0) is 12.3. The van der Waals surface area contributed by atoms with E-state index in [9.17, 15) is 0 Å².